The minimum Gasteiger partial charge on any atom is -0.330 e. The van der Waals surface area contributed by atoms with Crippen LogP contribution in [0.15, 0.2) is 30.3 Å². The highest BCUT2D eigenvalue weighted by molar-refractivity contribution is 5.92. The second-order valence-corrected chi connectivity index (χ2v) is 3.20. The Bertz CT molecular complexity index is 281. The fourth-order valence-electron chi connectivity index (χ4n) is 1.22. The Kier molecular flexibility index (Phi) is 4.13. The second-order valence-electron chi connectivity index (χ2n) is 3.20. The van der Waals surface area contributed by atoms with E-state index in [9.17, 15) is 4.79 Å². The third kappa shape index (κ3) is 2.85. The van der Waals surface area contributed by atoms with E-state index in [1.165, 1.54) is 0 Å². The summed E-state index contributed by atoms with van der Waals surface area (Å²) in [7, 11) is 0. The van der Waals surface area contributed by atoms with Gasteiger partial charge in [-0.15, -0.1) is 0 Å². The zero-order valence-corrected chi connectivity index (χ0v) is 8.36. The number of carbonyl (C=O) groups excluding carboxylic acids is 1. The molecule has 1 aromatic rings. The molecule has 14 heavy (non-hydrogen) atoms. The van der Waals surface area contributed by atoms with Crippen LogP contribution in [0.3, 0.4) is 0 Å². The summed E-state index contributed by atoms with van der Waals surface area (Å²) in [6.45, 7) is 2.36. The van der Waals surface area contributed by atoms with Gasteiger partial charge in [-0.3, -0.25) is 4.79 Å². The van der Waals surface area contributed by atoms with Crippen LogP contribution >= 0.6 is 0 Å². The zero-order chi connectivity index (χ0) is 10.4. The standard InChI is InChI=1S/C11H16N2O/c1-2-9(8-12)11(14)13-10-6-4-3-5-7-10/h3-7,9H,2,8,12H2,1H3,(H,13,14). The fraction of sp³-hybridized carbons (Fsp3) is 0.364. The Morgan fingerprint density at radius 2 is 2.07 bits per heavy atom. The van der Waals surface area contributed by atoms with Gasteiger partial charge < -0.3 is 11.1 Å². The molecule has 3 N–H and O–H groups in total. The number of rotatable bonds is 4. The number of anilines is 1. The van der Waals surface area contributed by atoms with Gasteiger partial charge in [-0.2, -0.15) is 0 Å². The number of benzene rings is 1. The second kappa shape index (κ2) is 5.40. The van der Waals surface area contributed by atoms with Gasteiger partial charge in [0.05, 0.1) is 5.92 Å². The normalized spacial score (nSPS) is 12.1. The summed E-state index contributed by atoms with van der Waals surface area (Å²) in [6, 6.07) is 9.41. The average Bonchev–Trinajstić information content (AvgIpc) is 2.21. The minimum absolute atomic E-state index is 0.00111. The van der Waals surface area contributed by atoms with Gasteiger partial charge in [0.25, 0.3) is 0 Å². The topological polar surface area (TPSA) is 55.1 Å². The van der Waals surface area contributed by atoms with E-state index in [0.717, 1.165) is 12.1 Å². The molecule has 0 aliphatic carbocycles. The van der Waals surface area contributed by atoms with Crippen molar-refractivity contribution in [1.29, 1.82) is 0 Å². The molecule has 3 nitrogen and oxygen atoms in total. The van der Waals surface area contributed by atoms with Crippen LogP contribution in [0.1, 0.15) is 13.3 Å². The summed E-state index contributed by atoms with van der Waals surface area (Å²) in [4.78, 5) is 11.6. The molecule has 0 aliphatic rings. The maximum atomic E-state index is 11.6. The lowest BCUT2D eigenvalue weighted by molar-refractivity contribution is -0.119. The molecule has 1 atom stereocenters. The Morgan fingerprint density at radius 1 is 1.43 bits per heavy atom. The Hall–Kier alpha value is -1.35. The van der Waals surface area contributed by atoms with Gasteiger partial charge in [0.2, 0.25) is 5.91 Å². The summed E-state index contributed by atoms with van der Waals surface area (Å²) in [5, 5.41) is 2.82. The summed E-state index contributed by atoms with van der Waals surface area (Å²) >= 11 is 0. The molecule has 0 aromatic heterocycles. The highest BCUT2D eigenvalue weighted by atomic mass is 16.1. The van der Waals surface area contributed by atoms with Crippen LogP contribution < -0.4 is 11.1 Å². The molecule has 0 heterocycles. The number of carbonyl (C=O) groups is 1. The van der Waals surface area contributed by atoms with E-state index in [1.807, 2.05) is 37.3 Å². The van der Waals surface area contributed by atoms with Gasteiger partial charge in [0.15, 0.2) is 0 Å². The Morgan fingerprint density at radius 3 is 2.57 bits per heavy atom. The molecule has 3 heteroatoms. The van der Waals surface area contributed by atoms with Gasteiger partial charge in [-0.1, -0.05) is 25.1 Å². The molecule has 0 bridgehead atoms. The van der Waals surface area contributed by atoms with Crippen molar-refractivity contribution in [3.05, 3.63) is 30.3 Å². The molecule has 76 valence electrons. The molecule has 0 saturated carbocycles. The fourth-order valence-corrected chi connectivity index (χ4v) is 1.22. The summed E-state index contributed by atoms with van der Waals surface area (Å²) in [5.41, 5.74) is 6.30. The first-order valence-electron chi connectivity index (χ1n) is 4.84. The average molecular weight is 192 g/mol. The SMILES string of the molecule is CCC(CN)C(=O)Nc1ccccc1. The lowest BCUT2D eigenvalue weighted by Gasteiger charge is -2.12. The van der Waals surface area contributed by atoms with Crippen LogP contribution in [0.4, 0.5) is 5.69 Å². The van der Waals surface area contributed by atoms with Crippen molar-refractivity contribution in [2.75, 3.05) is 11.9 Å². The molecular weight excluding hydrogens is 176 g/mol. The molecule has 1 amide bonds. The van der Waals surface area contributed by atoms with E-state index in [4.69, 9.17) is 5.73 Å². The third-order valence-corrected chi connectivity index (χ3v) is 2.19. The van der Waals surface area contributed by atoms with Gasteiger partial charge >= 0.3 is 0 Å². The largest absolute Gasteiger partial charge is 0.330 e. The highest BCUT2D eigenvalue weighted by Gasteiger charge is 2.13. The van der Waals surface area contributed by atoms with Crippen LogP contribution in [-0.4, -0.2) is 12.5 Å². The molecule has 0 spiro atoms. The molecule has 1 aromatic carbocycles. The van der Waals surface area contributed by atoms with E-state index < -0.39 is 0 Å². The van der Waals surface area contributed by atoms with Crippen molar-refractivity contribution >= 4 is 11.6 Å². The van der Waals surface area contributed by atoms with Crippen LogP contribution in [0, 0.1) is 5.92 Å². The van der Waals surface area contributed by atoms with E-state index in [2.05, 4.69) is 5.32 Å². The smallest absolute Gasteiger partial charge is 0.228 e. The zero-order valence-electron chi connectivity index (χ0n) is 8.36. The molecular formula is C11H16N2O. The number of nitrogens with two attached hydrogens (primary N) is 1. The predicted molar refractivity (Wildman–Crippen MR) is 57.9 cm³/mol. The Balaban J connectivity index is 2.57. The van der Waals surface area contributed by atoms with Crippen LogP contribution in [0.25, 0.3) is 0 Å². The van der Waals surface area contributed by atoms with Gasteiger partial charge in [0, 0.05) is 12.2 Å². The first kappa shape index (κ1) is 10.7. The van der Waals surface area contributed by atoms with Crippen LogP contribution in [0.2, 0.25) is 0 Å². The lowest BCUT2D eigenvalue weighted by Crippen LogP contribution is -2.28. The van der Waals surface area contributed by atoms with E-state index in [-0.39, 0.29) is 11.8 Å². The van der Waals surface area contributed by atoms with E-state index in [1.54, 1.807) is 0 Å². The van der Waals surface area contributed by atoms with E-state index in [0.29, 0.717) is 6.54 Å². The summed E-state index contributed by atoms with van der Waals surface area (Å²) in [5.74, 6) is -0.0867. The van der Waals surface area contributed by atoms with Crippen molar-refractivity contribution in [1.82, 2.24) is 0 Å². The summed E-state index contributed by atoms with van der Waals surface area (Å²) < 4.78 is 0. The van der Waals surface area contributed by atoms with Crippen molar-refractivity contribution in [2.45, 2.75) is 13.3 Å². The van der Waals surface area contributed by atoms with Crippen molar-refractivity contribution in [2.24, 2.45) is 11.7 Å². The van der Waals surface area contributed by atoms with Crippen LogP contribution in [0.5, 0.6) is 0 Å². The molecule has 1 rings (SSSR count). The maximum absolute atomic E-state index is 11.6. The van der Waals surface area contributed by atoms with E-state index >= 15 is 0 Å². The maximum Gasteiger partial charge on any atom is 0.228 e. The lowest BCUT2D eigenvalue weighted by atomic mass is 10.1. The van der Waals surface area contributed by atoms with Crippen molar-refractivity contribution in [3.8, 4) is 0 Å². The van der Waals surface area contributed by atoms with Crippen LogP contribution in [-0.2, 0) is 4.79 Å². The molecule has 0 radical (unpaired) electrons. The number of para-hydroxylation sites is 1. The predicted octanol–water partition coefficient (Wildman–Crippen LogP) is 1.61. The molecule has 0 aliphatic heterocycles. The van der Waals surface area contributed by atoms with Crippen molar-refractivity contribution < 1.29 is 4.79 Å². The van der Waals surface area contributed by atoms with Crippen molar-refractivity contribution in [3.63, 3.8) is 0 Å². The monoisotopic (exact) mass is 192 g/mol. The number of hydrogen-bond donors (Lipinski definition) is 2. The van der Waals surface area contributed by atoms with Gasteiger partial charge in [-0.05, 0) is 18.6 Å². The number of amides is 1. The van der Waals surface area contributed by atoms with Gasteiger partial charge in [0.1, 0.15) is 0 Å². The summed E-state index contributed by atoms with van der Waals surface area (Å²) in [6.07, 6.45) is 0.773. The highest BCUT2D eigenvalue weighted by Crippen LogP contribution is 2.08. The third-order valence-electron chi connectivity index (χ3n) is 2.19. The Labute approximate surface area is 84.3 Å². The first-order valence-corrected chi connectivity index (χ1v) is 4.84. The molecule has 0 fully saturated rings. The number of nitrogens with one attached hydrogen (secondary N) is 1. The first-order chi connectivity index (χ1) is 6.77. The quantitative estimate of drug-likeness (QED) is 0.761. The number of hydrogen-bond acceptors (Lipinski definition) is 2. The molecule has 1 unspecified atom stereocenters. The molecule has 0 saturated heterocycles. The van der Waals surface area contributed by atoms with Gasteiger partial charge in [-0.25, -0.2) is 0 Å². The minimum atomic E-state index is -0.0878.